The first kappa shape index (κ1) is 13.2. The van der Waals surface area contributed by atoms with Crippen LogP contribution < -0.4 is 5.32 Å². The van der Waals surface area contributed by atoms with Gasteiger partial charge in [-0.2, -0.15) is 0 Å². The maximum Gasteiger partial charge on any atom is 0.115 e. The van der Waals surface area contributed by atoms with Crippen LogP contribution in [0, 0.1) is 13.8 Å². The summed E-state index contributed by atoms with van der Waals surface area (Å²) in [5.41, 5.74) is 2.09. The van der Waals surface area contributed by atoms with E-state index in [1.165, 1.54) is 4.88 Å². The van der Waals surface area contributed by atoms with Crippen LogP contribution in [0.4, 0.5) is 0 Å². The summed E-state index contributed by atoms with van der Waals surface area (Å²) in [6.07, 6.45) is 3.11. The molecule has 0 aliphatic carbocycles. The van der Waals surface area contributed by atoms with E-state index in [9.17, 15) is 0 Å². The molecule has 0 saturated heterocycles. The molecule has 5 nitrogen and oxygen atoms in total. The fourth-order valence-corrected chi connectivity index (χ4v) is 2.56. The third-order valence-electron chi connectivity index (χ3n) is 2.69. The average Bonchev–Trinajstić information content (AvgIpc) is 2.88. The lowest BCUT2D eigenvalue weighted by atomic mass is 10.4. The standard InChI is InChI=1S/C12H19N5S/c1-4-5-13-6-11-7-17(16-15-11)8-12-14-9(2)10(3)18-12/h7,13H,4-6,8H2,1-3H3. The largest absolute Gasteiger partial charge is 0.311 e. The number of rotatable bonds is 6. The minimum absolute atomic E-state index is 0.708. The molecule has 0 radical (unpaired) electrons. The third-order valence-corrected chi connectivity index (χ3v) is 3.75. The number of thiazole rings is 1. The van der Waals surface area contributed by atoms with Crippen LogP contribution in [0.2, 0.25) is 0 Å². The van der Waals surface area contributed by atoms with E-state index in [0.717, 1.165) is 35.9 Å². The van der Waals surface area contributed by atoms with Crippen molar-refractivity contribution in [2.24, 2.45) is 0 Å². The predicted octanol–water partition coefficient (Wildman–Crippen LogP) is 1.90. The van der Waals surface area contributed by atoms with Crippen LogP contribution >= 0.6 is 11.3 Å². The molecule has 0 aliphatic rings. The fraction of sp³-hybridized carbons (Fsp3) is 0.583. The van der Waals surface area contributed by atoms with Gasteiger partial charge in [-0.25, -0.2) is 9.67 Å². The topological polar surface area (TPSA) is 55.6 Å². The van der Waals surface area contributed by atoms with Crippen LogP contribution in [-0.4, -0.2) is 26.5 Å². The minimum atomic E-state index is 0.708. The summed E-state index contributed by atoms with van der Waals surface area (Å²) >= 11 is 1.72. The Bertz CT molecular complexity index is 483. The van der Waals surface area contributed by atoms with Gasteiger partial charge in [0, 0.05) is 11.4 Å². The molecule has 98 valence electrons. The van der Waals surface area contributed by atoms with Crippen molar-refractivity contribution in [3.8, 4) is 0 Å². The van der Waals surface area contributed by atoms with Gasteiger partial charge in [-0.15, -0.1) is 16.4 Å². The number of nitrogens with one attached hydrogen (secondary N) is 1. The summed E-state index contributed by atoms with van der Waals surface area (Å²) in [6, 6.07) is 0. The van der Waals surface area contributed by atoms with E-state index >= 15 is 0 Å². The second kappa shape index (κ2) is 6.06. The molecule has 0 unspecified atom stereocenters. The lowest BCUT2D eigenvalue weighted by Crippen LogP contribution is -2.13. The van der Waals surface area contributed by atoms with Crippen molar-refractivity contribution >= 4 is 11.3 Å². The lowest BCUT2D eigenvalue weighted by molar-refractivity contribution is 0.642. The molecule has 2 heterocycles. The van der Waals surface area contributed by atoms with Gasteiger partial charge in [-0.3, -0.25) is 0 Å². The smallest absolute Gasteiger partial charge is 0.115 e. The van der Waals surface area contributed by atoms with Gasteiger partial charge < -0.3 is 5.32 Å². The monoisotopic (exact) mass is 265 g/mol. The summed E-state index contributed by atoms with van der Waals surface area (Å²) in [7, 11) is 0. The van der Waals surface area contributed by atoms with Crippen molar-refractivity contribution in [1.82, 2.24) is 25.3 Å². The zero-order valence-electron chi connectivity index (χ0n) is 11.1. The van der Waals surface area contributed by atoms with Crippen molar-refractivity contribution in [3.63, 3.8) is 0 Å². The van der Waals surface area contributed by atoms with E-state index < -0.39 is 0 Å². The van der Waals surface area contributed by atoms with Crippen LogP contribution in [-0.2, 0) is 13.1 Å². The Hall–Kier alpha value is -1.27. The molecule has 0 spiro atoms. The number of hydrogen-bond donors (Lipinski definition) is 1. The van der Waals surface area contributed by atoms with Crippen LogP contribution in [0.5, 0.6) is 0 Å². The first-order chi connectivity index (χ1) is 8.69. The second-order valence-electron chi connectivity index (χ2n) is 4.33. The molecule has 0 bridgehead atoms. The minimum Gasteiger partial charge on any atom is -0.311 e. The highest BCUT2D eigenvalue weighted by molar-refractivity contribution is 7.11. The lowest BCUT2D eigenvalue weighted by Gasteiger charge is -1.97. The maximum atomic E-state index is 4.50. The van der Waals surface area contributed by atoms with Crippen LogP contribution in [0.3, 0.4) is 0 Å². The molecule has 2 rings (SSSR count). The predicted molar refractivity (Wildman–Crippen MR) is 72.7 cm³/mol. The quantitative estimate of drug-likeness (QED) is 0.811. The molecule has 18 heavy (non-hydrogen) atoms. The molecule has 0 aromatic carbocycles. The Morgan fingerprint density at radius 1 is 1.39 bits per heavy atom. The molecule has 0 fully saturated rings. The fourth-order valence-electron chi connectivity index (χ4n) is 1.64. The van der Waals surface area contributed by atoms with E-state index in [4.69, 9.17) is 0 Å². The Labute approximate surface area is 111 Å². The van der Waals surface area contributed by atoms with Crippen LogP contribution in [0.25, 0.3) is 0 Å². The molecule has 1 N–H and O–H groups in total. The normalized spacial score (nSPS) is 11.1. The highest BCUT2D eigenvalue weighted by Gasteiger charge is 2.06. The van der Waals surface area contributed by atoms with Crippen molar-refractivity contribution in [2.45, 2.75) is 40.3 Å². The van der Waals surface area contributed by atoms with Gasteiger partial charge in [-0.05, 0) is 26.8 Å². The average molecular weight is 265 g/mol. The van der Waals surface area contributed by atoms with Gasteiger partial charge in [0.05, 0.1) is 24.1 Å². The van der Waals surface area contributed by atoms with Crippen LogP contribution in [0.1, 0.15) is 34.6 Å². The Kier molecular flexibility index (Phi) is 4.43. The summed E-state index contributed by atoms with van der Waals surface area (Å²) < 4.78 is 1.85. The SMILES string of the molecule is CCCNCc1cn(Cc2nc(C)c(C)s2)nn1. The molecule has 2 aromatic rings. The van der Waals surface area contributed by atoms with Gasteiger partial charge in [-0.1, -0.05) is 12.1 Å². The number of aromatic nitrogens is 4. The van der Waals surface area contributed by atoms with Crippen molar-refractivity contribution in [3.05, 3.63) is 27.5 Å². The first-order valence-corrected chi connectivity index (χ1v) is 7.03. The summed E-state index contributed by atoms with van der Waals surface area (Å²) in [4.78, 5) is 5.78. The maximum absolute atomic E-state index is 4.50. The van der Waals surface area contributed by atoms with E-state index in [1.807, 2.05) is 17.8 Å². The molecule has 2 aromatic heterocycles. The molecular weight excluding hydrogens is 246 g/mol. The van der Waals surface area contributed by atoms with E-state index in [-0.39, 0.29) is 0 Å². The molecule has 0 saturated carbocycles. The second-order valence-corrected chi connectivity index (χ2v) is 5.62. The Morgan fingerprint density at radius 2 is 2.22 bits per heavy atom. The number of nitrogens with zero attached hydrogens (tertiary/aromatic N) is 4. The zero-order chi connectivity index (χ0) is 13.0. The van der Waals surface area contributed by atoms with Gasteiger partial charge in [0.2, 0.25) is 0 Å². The molecule has 6 heteroatoms. The Morgan fingerprint density at radius 3 is 2.89 bits per heavy atom. The molecule has 0 aliphatic heterocycles. The third kappa shape index (κ3) is 3.36. The highest BCUT2D eigenvalue weighted by Crippen LogP contribution is 2.17. The molecular formula is C12H19N5S. The molecule has 0 amide bonds. The molecule has 0 atom stereocenters. The Balaban J connectivity index is 1.93. The zero-order valence-corrected chi connectivity index (χ0v) is 11.9. The van der Waals surface area contributed by atoms with E-state index in [0.29, 0.717) is 6.54 Å². The van der Waals surface area contributed by atoms with Gasteiger partial charge >= 0.3 is 0 Å². The summed E-state index contributed by atoms with van der Waals surface area (Å²) in [6.45, 7) is 8.79. The summed E-state index contributed by atoms with van der Waals surface area (Å²) in [5.74, 6) is 0. The van der Waals surface area contributed by atoms with Crippen LogP contribution in [0.15, 0.2) is 6.20 Å². The van der Waals surface area contributed by atoms with Crippen molar-refractivity contribution < 1.29 is 0 Å². The number of hydrogen-bond acceptors (Lipinski definition) is 5. The first-order valence-electron chi connectivity index (χ1n) is 6.21. The van der Waals surface area contributed by atoms with Crippen molar-refractivity contribution in [2.75, 3.05) is 6.54 Å². The van der Waals surface area contributed by atoms with Gasteiger partial charge in [0.25, 0.3) is 0 Å². The van der Waals surface area contributed by atoms with E-state index in [2.05, 4.69) is 34.5 Å². The van der Waals surface area contributed by atoms with Crippen molar-refractivity contribution in [1.29, 1.82) is 0 Å². The number of aryl methyl sites for hydroxylation is 2. The highest BCUT2D eigenvalue weighted by atomic mass is 32.1. The van der Waals surface area contributed by atoms with E-state index in [1.54, 1.807) is 11.3 Å². The summed E-state index contributed by atoms with van der Waals surface area (Å²) in [5, 5.41) is 12.7. The van der Waals surface area contributed by atoms with Gasteiger partial charge in [0.15, 0.2) is 0 Å². The van der Waals surface area contributed by atoms with Gasteiger partial charge in [0.1, 0.15) is 5.01 Å².